The van der Waals surface area contributed by atoms with Crippen molar-refractivity contribution in [3.05, 3.63) is 39.7 Å². The maximum atomic E-state index is 15.8. The van der Waals surface area contributed by atoms with Crippen LogP contribution in [0.25, 0.3) is 10.9 Å². The lowest BCUT2D eigenvalue weighted by molar-refractivity contribution is 0.0694. The lowest BCUT2D eigenvalue weighted by Gasteiger charge is -2.39. The van der Waals surface area contributed by atoms with Crippen molar-refractivity contribution in [1.82, 2.24) is 9.88 Å². The molecule has 2 aromatic rings. The monoisotopic (exact) mass is 418 g/mol. The van der Waals surface area contributed by atoms with Crippen LogP contribution in [0.2, 0.25) is 0 Å². The van der Waals surface area contributed by atoms with E-state index in [0.29, 0.717) is 25.3 Å². The van der Waals surface area contributed by atoms with Crippen LogP contribution in [0, 0.1) is 17.0 Å². The van der Waals surface area contributed by atoms with Gasteiger partial charge in [0.25, 0.3) is 0 Å². The van der Waals surface area contributed by atoms with Gasteiger partial charge in [0, 0.05) is 31.9 Å². The molecule has 0 bridgehead atoms. The summed E-state index contributed by atoms with van der Waals surface area (Å²) in [7, 11) is 1.43. The summed E-state index contributed by atoms with van der Waals surface area (Å²) in [5.41, 5.74) is -1.29. The fourth-order valence-electron chi connectivity index (χ4n) is 4.51. The van der Waals surface area contributed by atoms with E-state index in [0.717, 1.165) is 18.9 Å². The molecule has 8 nitrogen and oxygen atoms in total. The minimum Gasteiger partial charge on any atom is -0.477 e. The van der Waals surface area contributed by atoms with E-state index in [1.165, 1.54) is 17.9 Å². The first kappa shape index (κ1) is 19.0. The van der Waals surface area contributed by atoms with E-state index in [-0.39, 0.29) is 34.6 Å². The third-order valence-electron chi connectivity index (χ3n) is 6.25. The van der Waals surface area contributed by atoms with Gasteiger partial charge >= 0.3 is 5.97 Å². The van der Waals surface area contributed by atoms with Crippen LogP contribution >= 0.6 is 0 Å². The number of aromatic carboxylic acids is 1. The number of rotatable bonds is 4. The summed E-state index contributed by atoms with van der Waals surface area (Å²) in [5, 5.41) is 16.3. The molecule has 1 saturated carbocycles. The topological polar surface area (TPSA) is 96.2 Å². The molecule has 30 heavy (non-hydrogen) atoms. The number of fused-ring (bicyclic) bond motifs is 1. The Labute approximate surface area is 169 Å². The standard InChI is InChI=1S/C20H20F2N4O4/c1-30-24-14-6-25(9-20(14)7-23-8-20)17-13(21)4-11-16(15(17)22)26(10-2-3-10)5-12(18(11)27)19(28)29/h4-5,10,23H,2-3,6-9H2,1H3,(H,28,29). The van der Waals surface area contributed by atoms with Crippen molar-refractivity contribution in [2.75, 3.05) is 38.2 Å². The van der Waals surface area contributed by atoms with E-state index < -0.39 is 28.6 Å². The van der Waals surface area contributed by atoms with Crippen molar-refractivity contribution in [2.45, 2.75) is 18.9 Å². The van der Waals surface area contributed by atoms with Crippen LogP contribution in [0.1, 0.15) is 29.2 Å². The second kappa shape index (κ2) is 6.49. The average molecular weight is 418 g/mol. The summed E-state index contributed by atoms with van der Waals surface area (Å²) in [4.78, 5) is 30.6. The van der Waals surface area contributed by atoms with E-state index in [2.05, 4.69) is 10.5 Å². The molecule has 2 saturated heterocycles. The Morgan fingerprint density at radius 1 is 1.37 bits per heavy atom. The number of nitrogens with zero attached hydrogens (tertiary/aromatic N) is 3. The Kier molecular flexibility index (Phi) is 4.11. The molecule has 1 spiro atoms. The van der Waals surface area contributed by atoms with Crippen molar-refractivity contribution in [2.24, 2.45) is 10.6 Å². The van der Waals surface area contributed by atoms with Gasteiger partial charge in [-0.3, -0.25) is 4.79 Å². The number of benzene rings is 1. The minimum absolute atomic E-state index is 0.0539. The second-order valence-electron chi connectivity index (χ2n) is 8.19. The van der Waals surface area contributed by atoms with Crippen molar-refractivity contribution in [1.29, 1.82) is 0 Å². The molecule has 10 heteroatoms. The molecule has 1 aliphatic carbocycles. The maximum absolute atomic E-state index is 15.8. The third kappa shape index (κ3) is 2.63. The number of hydrogen-bond acceptors (Lipinski definition) is 6. The number of anilines is 1. The normalized spacial score (nSPS) is 21.4. The van der Waals surface area contributed by atoms with Gasteiger partial charge in [0.1, 0.15) is 24.2 Å². The highest BCUT2D eigenvalue weighted by atomic mass is 19.1. The molecule has 3 fully saturated rings. The average Bonchev–Trinajstić information content (AvgIpc) is 3.43. The van der Waals surface area contributed by atoms with Crippen LogP contribution in [-0.4, -0.2) is 54.6 Å². The van der Waals surface area contributed by atoms with Gasteiger partial charge in [-0.05, 0) is 18.9 Å². The highest BCUT2D eigenvalue weighted by Gasteiger charge is 2.50. The van der Waals surface area contributed by atoms with Gasteiger partial charge in [-0.2, -0.15) is 0 Å². The molecule has 3 aliphatic rings. The van der Waals surface area contributed by atoms with Gasteiger partial charge in [-0.15, -0.1) is 0 Å². The first-order valence-electron chi connectivity index (χ1n) is 9.72. The Morgan fingerprint density at radius 2 is 2.10 bits per heavy atom. The number of nitrogens with one attached hydrogen (secondary N) is 1. The van der Waals surface area contributed by atoms with Crippen molar-refractivity contribution in [3.8, 4) is 0 Å². The number of pyridine rings is 1. The Hall–Kier alpha value is -3.01. The summed E-state index contributed by atoms with van der Waals surface area (Å²) in [6, 6.07) is 0.851. The van der Waals surface area contributed by atoms with Crippen LogP contribution in [0.5, 0.6) is 0 Å². The molecule has 0 atom stereocenters. The summed E-state index contributed by atoms with van der Waals surface area (Å²) in [6.07, 6.45) is 2.66. The first-order chi connectivity index (χ1) is 14.4. The highest BCUT2D eigenvalue weighted by molar-refractivity contribution is 5.99. The van der Waals surface area contributed by atoms with Gasteiger partial charge in [0.05, 0.1) is 28.6 Å². The van der Waals surface area contributed by atoms with Crippen LogP contribution in [-0.2, 0) is 4.84 Å². The number of carboxylic acids is 1. The molecule has 1 aromatic heterocycles. The van der Waals surface area contributed by atoms with E-state index in [4.69, 9.17) is 4.84 Å². The number of oxime groups is 1. The van der Waals surface area contributed by atoms with Gasteiger partial charge < -0.3 is 24.7 Å². The van der Waals surface area contributed by atoms with Crippen LogP contribution < -0.4 is 15.6 Å². The fraction of sp³-hybridized carbons (Fsp3) is 0.450. The fourth-order valence-corrected chi connectivity index (χ4v) is 4.51. The van der Waals surface area contributed by atoms with Crippen LogP contribution in [0.4, 0.5) is 14.5 Å². The lowest BCUT2D eigenvalue weighted by atomic mass is 9.79. The highest BCUT2D eigenvalue weighted by Crippen LogP contribution is 2.42. The second-order valence-corrected chi connectivity index (χ2v) is 8.19. The molecule has 0 amide bonds. The Balaban J connectivity index is 1.70. The number of aromatic nitrogens is 1. The number of carbonyl (C=O) groups is 1. The molecule has 158 valence electrons. The number of halogens is 2. The largest absolute Gasteiger partial charge is 0.477 e. The van der Waals surface area contributed by atoms with Crippen LogP contribution in [0.3, 0.4) is 0 Å². The summed E-state index contributed by atoms with van der Waals surface area (Å²) < 4.78 is 32.3. The summed E-state index contributed by atoms with van der Waals surface area (Å²) in [5.74, 6) is -3.17. The maximum Gasteiger partial charge on any atom is 0.341 e. The summed E-state index contributed by atoms with van der Waals surface area (Å²) >= 11 is 0. The van der Waals surface area contributed by atoms with Gasteiger partial charge in [-0.1, -0.05) is 5.16 Å². The third-order valence-corrected chi connectivity index (χ3v) is 6.25. The first-order valence-corrected chi connectivity index (χ1v) is 9.72. The molecule has 2 N–H and O–H groups in total. The zero-order valence-corrected chi connectivity index (χ0v) is 16.2. The predicted molar refractivity (Wildman–Crippen MR) is 105 cm³/mol. The van der Waals surface area contributed by atoms with E-state index in [1.54, 1.807) is 4.90 Å². The number of hydrogen-bond donors (Lipinski definition) is 2. The molecule has 0 unspecified atom stereocenters. The Morgan fingerprint density at radius 3 is 2.67 bits per heavy atom. The molecule has 0 radical (unpaired) electrons. The minimum atomic E-state index is -1.42. The SMILES string of the molecule is CON=C1CN(c2c(F)cc3c(=O)c(C(=O)O)cn(C4CC4)c3c2F)CC12CNC2. The van der Waals surface area contributed by atoms with Crippen LogP contribution in [0.15, 0.2) is 22.2 Å². The van der Waals surface area contributed by atoms with Gasteiger partial charge in [0.15, 0.2) is 5.82 Å². The lowest BCUT2D eigenvalue weighted by Crippen LogP contribution is -2.58. The van der Waals surface area contributed by atoms with E-state index in [1.807, 2.05) is 0 Å². The zero-order valence-electron chi connectivity index (χ0n) is 16.2. The smallest absolute Gasteiger partial charge is 0.341 e. The van der Waals surface area contributed by atoms with Gasteiger partial charge in [-0.25, -0.2) is 13.6 Å². The van der Waals surface area contributed by atoms with Crippen molar-refractivity contribution < 1.29 is 23.5 Å². The van der Waals surface area contributed by atoms with E-state index >= 15 is 8.78 Å². The molecule has 2 aliphatic heterocycles. The number of carboxylic acid groups (broad SMARTS) is 1. The van der Waals surface area contributed by atoms with Crippen molar-refractivity contribution >= 4 is 28.3 Å². The van der Waals surface area contributed by atoms with E-state index in [9.17, 15) is 14.7 Å². The summed E-state index contributed by atoms with van der Waals surface area (Å²) in [6.45, 7) is 1.84. The quantitative estimate of drug-likeness (QED) is 0.735. The Bertz CT molecular complexity index is 1170. The zero-order chi connectivity index (χ0) is 21.2. The van der Waals surface area contributed by atoms with Gasteiger partial charge in [0.2, 0.25) is 5.43 Å². The molecular weight excluding hydrogens is 398 g/mol. The molecule has 5 rings (SSSR count). The van der Waals surface area contributed by atoms with Crippen molar-refractivity contribution in [3.63, 3.8) is 0 Å². The predicted octanol–water partition coefficient (Wildman–Crippen LogP) is 1.72. The molecule has 3 heterocycles. The molecular formula is C20H20F2N4O4. The molecule has 1 aromatic carbocycles.